The molecule has 0 saturated heterocycles. The van der Waals surface area contributed by atoms with Crippen LogP contribution in [0.4, 0.5) is 5.69 Å². The molecule has 0 radical (unpaired) electrons. The number of carbonyl (C=O) groups is 1. The van der Waals surface area contributed by atoms with Crippen LogP contribution in [0, 0.1) is 13.8 Å². The Bertz CT molecular complexity index is 998. The Morgan fingerprint density at radius 1 is 1.07 bits per heavy atom. The van der Waals surface area contributed by atoms with Gasteiger partial charge in [-0.05, 0) is 54.8 Å². The fourth-order valence-electron chi connectivity index (χ4n) is 2.81. The van der Waals surface area contributed by atoms with E-state index >= 15 is 0 Å². The Morgan fingerprint density at radius 3 is 2.44 bits per heavy atom. The first-order valence-corrected chi connectivity index (χ1v) is 9.44. The first kappa shape index (κ1) is 19.6. The minimum atomic E-state index is -0.403. The summed E-state index contributed by atoms with van der Waals surface area (Å²) < 4.78 is 0. The number of carbonyl (C=O) groups excluding carboxylic acids is 1. The standard InChI is InChI=1S/C20H16Cl3N3O/c1-11-7-13(10-21)8-12(2)18(11)26-20(27)19-24-6-5-17(25-19)15-9-14(22)3-4-16(15)23/h3-9H,10H2,1-2H3,(H,26,27). The van der Waals surface area contributed by atoms with E-state index in [9.17, 15) is 4.79 Å². The maximum Gasteiger partial charge on any atom is 0.293 e. The van der Waals surface area contributed by atoms with Gasteiger partial charge in [-0.2, -0.15) is 0 Å². The molecule has 3 aromatic rings. The molecule has 1 amide bonds. The van der Waals surface area contributed by atoms with Crippen LogP contribution in [-0.2, 0) is 5.88 Å². The summed E-state index contributed by atoms with van der Waals surface area (Å²) in [5.74, 6) is 0.0603. The van der Waals surface area contributed by atoms with Crippen LogP contribution in [0.5, 0.6) is 0 Å². The number of nitrogens with one attached hydrogen (secondary N) is 1. The van der Waals surface area contributed by atoms with E-state index < -0.39 is 5.91 Å². The monoisotopic (exact) mass is 419 g/mol. The second-order valence-corrected chi connectivity index (χ2v) is 7.19. The predicted octanol–water partition coefficient (Wildman–Crippen LogP) is 6.06. The minimum absolute atomic E-state index is 0.0452. The van der Waals surface area contributed by atoms with Crippen LogP contribution in [-0.4, -0.2) is 15.9 Å². The van der Waals surface area contributed by atoms with Crippen LogP contribution in [0.15, 0.2) is 42.6 Å². The number of anilines is 1. The number of halogens is 3. The third-order valence-electron chi connectivity index (χ3n) is 4.05. The zero-order valence-electron chi connectivity index (χ0n) is 14.7. The largest absolute Gasteiger partial charge is 0.319 e. The number of alkyl halides is 1. The third kappa shape index (κ3) is 4.41. The lowest BCUT2D eigenvalue weighted by molar-refractivity contribution is 0.101. The van der Waals surface area contributed by atoms with Gasteiger partial charge in [0.1, 0.15) is 0 Å². The predicted molar refractivity (Wildman–Crippen MR) is 111 cm³/mol. The maximum atomic E-state index is 12.7. The first-order valence-electron chi connectivity index (χ1n) is 8.15. The van der Waals surface area contributed by atoms with E-state index in [-0.39, 0.29) is 5.82 Å². The van der Waals surface area contributed by atoms with Crippen molar-refractivity contribution in [2.75, 3.05) is 5.32 Å². The fourth-order valence-corrected chi connectivity index (χ4v) is 3.35. The molecule has 0 spiro atoms. The van der Waals surface area contributed by atoms with Crippen molar-refractivity contribution in [2.24, 2.45) is 0 Å². The highest BCUT2D eigenvalue weighted by molar-refractivity contribution is 6.35. The molecule has 0 aliphatic carbocycles. The third-order valence-corrected chi connectivity index (χ3v) is 4.92. The molecule has 0 fully saturated rings. The average Bonchev–Trinajstić information content (AvgIpc) is 2.66. The molecule has 0 bridgehead atoms. The molecule has 0 unspecified atom stereocenters. The Hall–Kier alpha value is -2.14. The zero-order valence-corrected chi connectivity index (χ0v) is 17.0. The topological polar surface area (TPSA) is 54.9 Å². The number of rotatable bonds is 4. The van der Waals surface area contributed by atoms with Gasteiger partial charge in [0.2, 0.25) is 5.82 Å². The zero-order chi connectivity index (χ0) is 19.6. The highest BCUT2D eigenvalue weighted by atomic mass is 35.5. The fraction of sp³-hybridized carbons (Fsp3) is 0.150. The molecule has 1 heterocycles. The van der Waals surface area contributed by atoms with Crippen LogP contribution in [0.3, 0.4) is 0 Å². The van der Waals surface area contributed by atoms with E-state index in [1.165, 1.54) is 6.20 Å². The van der Waals surface area contributed by atoms with Crippen molar-refractivity contribution in [3.63, 3.8) is 0 Å². The van der Waals surface area contributed by atoms with Gasteiger partial charge in [0.25, 0.3) is 5.91 Å². The van der Waals surface area contributed by atoms with Crippen LogP contribution in [0.2, 0.25) is 10.0 Å². The van der Waals surface area contributed by atoms with E-state index in [1.54, 1.807) is 24.3 Å². The molecule has 0 aliphatic heterocycles. The lowest BCUT2D eigenvalue weighted by atomic mass is 10.0. The van der Waals surface area contributed by atoms with Gasteiger partial charge in [0.15, 0.2) is 0 Å². The number of hydrogen-bond acceptors (Lipinski definition) is 3. The Kier molecular flexibility index (Phi) is 6.00. The highest BCUT2D eigenvalue weighted by Gasteiger charge is 2.15. The lowest BCUT2D eigenvalue weighted by Crippen LogP contribution is -2.17. The smallest absolute Gasteiger partial charge is 0.293 e. The van der Waals surface area contributed by atoms with Gasteiger partial charge >= 0.3 is 0 Å². The van der Waals surface area contributed by atoms with Crippen molar-refractivity contribution >= 4 is 46.4 Å². The molecule has 4 nitrogen and oxygen atoms in total. The van der Waals surface area contributed by atoms with Crippen LogP contribution in [0.25, 0.3) is 11.3 Å². The SMILES string of the molecule is Cc1cc(CCl)cc(C)c1NC(=O)c1nccc(-c2cc(Cl)ccc2Cl)n1. The van der Waals surface area contributed by atoms with Gasteiger partial charge in [-0.15, -0.1) is 11.6 Å². The molecule has 138 valence electrons. The van der Waals surface area contributed by atoms with Crippen molar-refractivity contribution in [2.45, 2.75) is 19.7 Å². The normalized spacial score (nSPS) is 10.7. The number of benzene rings is 2. The molecule has 2 aromatic carbocycles. The van der Waals surface area contributed by atoms with Crippen LogP contribution < -0.4 is 5.32 Å². The second kappa shape index (κ2) is 8.26. The first-order chi connectivity index (χ1) is 12.9. The number of nitrogens with zero attached hydrogens (tertiary/aromatic N) is 2. The number of aromatic nitrogens is 2. The Balaban J connectivity index is 1.92. The van der Waals surface area contributed by atoms with Crippen molar-refractivity contribution in [1.82, 2.24) is 9.97 Å². The quantitative estimate of drug-likeness (QED) is 0.522. The molecule has 3 rings (SSSR count). The van der Waals surface area contributed by atoms with Crippen molar-refractivity contribution in [3.05, 3.63) is 75.2 Å². The summed E-state index contributed by atoms with van der Waals surface area (Å²) in [6.07, 6.45) is 1.52. The van der Waals surface area contributed by atoms with Gasteiger partial charge in [0, 0.05) is 28.4 Å². The molecule has 0 saturated carbocycles. The minimum Gasteiger partial charge on any atom is -0.319 e. The van der Waals surface area contributed by atoms with Gasteiger partial charge in [0.05, 0.1) is 10.7 Å². The van der Waals surface area contributed by atoms with Gasteiger partial charge in [-0.25, -0.2) is 9.97 Å². The summed E-state index contributed by atoms with van der Waals surface area (Å²) in [5, 5.41) is 3.91. The van der Waals surface area contributed by atoms with E-state index in [2.05, 4.69) is 15.3 Å². The second-order valence-electron chi connectivity index (χ2n) is 6.08. The summed E-state index contributed by atoms with van der Waals surface area (Å²) in [4.78, 5) is 21.1. The number of aryl methyl sites for hydroxylation is 2. The van der Waals surface area contributed by atoms with Gasteiger partial charge < -0.3 is 5.32 Å². The van der Waals surface area contributed by atoms with E-state index in [0.717, 1.165) is 22.4 Å². The summed E-state index contributed by atoms with van der Waals surface area (Å²) in [6, 6.07) is 10.6. The van der Waals surface area contributed by atoms with Crippen molar-refractivity contribution in [3.8, 4) is 11.3 Å². The molecule has 1 N–H and O–H groups in total. The number of amides is 1. The molecule has 7 heteroatoms. The van der Waals surface area contributed by atoms with Crippen LogP contribution >= 0.6 is 34.8 Å². The lowest BCUT2D eigenvalue weighted by Gasteiger charge is -2.13. The van der Waals surface area contributed by atoms with E-state index in [0.29, 0.717) is 27.2 Å². The highest BCUT2D eigenvalue weighted by Crippen LogP contribution is 2.29. The molecule has 1 aromatic heterocycles. The van der Waals surface area contributed by atoms with E-state index in [4.69, 9.17) is 34.8 Å². The van der Waals surface area contributed by atoms with Gasteiger partial charge in [-0.3, -0.25) is 4.79 Å². The van der Waals surface area contributed by atoms with Crippen molar-refractivity contribution in [1.29, 1.82) is 0 Å². The van der Waals surface area contributed by atoms with E-state index in [1.807, 2.05) is 26.0 Å². The van der Waals surface area contributed by atoms with Crippen LogP contribution in [0.1, 0.15) is 27.3 Å². The summed E-state index contributed by atoms with van der Waals surface area (Å²) in [5.41, 5.74) is 4.73. The molecular formula is C20H16Cl3N3O. The molecule has 0 aliphatic rings. The van der Waals surface area contributed by atoms with Gasteiger partial charge in [-0.1, -0.05) is 35.3 Å². The van der Waals surface area contributed by atoms with Crippen molar-refractivity contribution < 1.29 is 4.79 Å². The molecular weight excluding hydrogens is 405 g/mol. The summed E-state index contributed by atoms with van der Waals surface area (Å²) in [6.45, 7) is 3.84. The summed E-state index contributed by atoms with van der Waals surface area (Å²) in [7, 11) is 0. The number of hydrogen-bond donors (Lipinski definition) is 1. The molecule has 27 heavy (non-hydrogen) atoms. The average molecular weight is 421 g/mol. The maximum absolute atomic E-state index is 12.7. The molecule has 0 atom stereocenters. The Labute approximate surface area is 172 Å². The summed E-state index contributed by atoms with van der Waals surface area (Å²) >= 11 is 18.2. The Morgan fingerprint density at radius 2 is 1.78 bits per heavy atom.